The molecule has 2 aromatic heterocycles. The maximum Gasteiger partial charge on any atom is 0.188 e. The maximum atomic E-state index is 8.59. The van der Waals surface area contributed by atoms with Crippen molar-refractivity contribution in [1.29, 1.82) is 0 Å². The van der Waals surface area contributed by atoms with Crippen LogP contribution in [0.5, 0.6) is 0 Å². The highest BCUT2D eigenvalue weighted by Crippen LogP contribution is 2.10. The molecule has 19 heavy (non-hydrogen) atoms. The summed E-state index contributed by atoms with van der Waals surface area (Å²) < 4.78 is 5.60. The second kappa shape index (κ2) is 6.86. The smallest absolute Gasteiger partial charge is 0.188 e. The van der Waals surface area contributed by atoms with Gasteiger partial charge in [-0.2, -0.15) is 0 Å². The van der Waals surface area contributed by atoms with Gasteiger partial charge in [0.25, 0.3) is 0 Å². The summed E-state index contributed by atoms with van der Waals surface area (Å²) >= 11 is 1.73. The normalized spacial score (nSPS) is 11.7. The van der Waals surface area contributed by atoms with Crippen LogP contribution in [0.1, 0.15) is 16.1 Å². The molecule has 6 heteroatoms. The van der Waals surface area contributed by atoms with Crippen molar-refractivity contribution in [2.75, 3.05) is 6.61 Å². The van der Waals surface area contributed by atoms with E-state index < -0.39 is 0 Å². The van der Waals surface area contributed by atoms with Crippen LogP contribution in [0.3, 0.4) is 0 Å². The van der Waals surface area contributed by atoms with E-state index in [9.17, 15) is 0 Å². The molecule has 0 saturated heterocycles. The monoisotopic (exact) mass is 277 g/mol. The third-order valence-corrected chi connectivity index (χ3v) is 3.47. The largest absolute Gasteiger partial charge is 0.409 e. The number of aromatic nitrogens is 1. The van der Waals surface area contributed by atoms with Crippen molar-refractivity contribution in [3.63, 3.8) is 0 Å². The van der Waals surface area contributed by atoms with E-state index in [1.54, 1.807) is 23.6 Å². The summed E-state index contributed by atoms with van der Waals surface area (Å²) in [5, 5.41) is 13.6. The van der Waals surface area contributed by atoms with Gasteiger partial charge in [-0.25, -0.2) is 0 Å². The van der Waals surface area contributed by atoms with Crippen LogP contribution >= 0.6 is 11.3 Å². The Kier molecular flexibility index (Phi) is 4.88. The highest BCUT2D eigenvalue weighted by atomic mass is 32.1. The number of pyridine rings is 1. The summed E-state index contributed by atoms with van der Waals surface area (Å²) in [6.07, 6.45) is 2.53. The zero-order valence-corrected chi connectivity index (χ0v) is 11.1. The standard InChI is InChI=1S/C13H15N3O2S/c14-13(16-17)12-8-10(3-5-15-12)9-18-6-4-11-2-1-7-19-11/h1-3,5,7-8,17H,4,6,9H2,(H2,14,16). The molecule has 0 aliphatic heterocycles. The third-order valence-electron chi connectivity index (χ3n) is 2.54. The molecule has 0 amide bonds. The molecule has 0 fully saturated rings. The molecule has 5 nitrogen and oxygen atoms in total. The van der Waals surface area contributed by atoms with Gasteiger partial charge in [0.1, 0.15) is 5.69 Å². The van der Waals surface area contributed by atoms with E-state index in [1.165, 1.54) is 4.88 Å². The first-order chi connectivity index (χ1) is 9.29. The number of hydrogen-bond donors (Lipinski definition) is 2. The zero-order chi connectivity index (χ0) is 13.5. The van der Waals surface area contributed by atoms with Crippen LogP contribution in [-0.4, -0.2) is 22.6 Å². The molecule has 0 aliphatic carbocycles. The first-order valence-corrected chi connectivity index (χ1v) is 6.70. The van der Waals surface area contributed by atoms with Crippen molar-refractivity contribution >= 4 is 17.2 Å². The Balaban J connectivity index is 1.82. The van der Waals surface area contributed by atoms with Gasteiger partial charge < -0.3 is 15.7 Å². The predicted molar refractivity (Wildman–Crippen MR) is 74.4 cm³/mol. The quantitative estimate of drug-likeness (QED) is 0.278. The third kappa shape index (κ3) is 4.04. The number of ether oxygens (including phenoxy) is 1. The van der Waals surface area contributed by atoms with Crippen LogP contribution in [0.2, 0.25) is 0 Å². The maximum absolute atomic E-state index is 8.59. The Morgan fingerprint density at radius 3 is 3.11 bits per heavy atom. The van der Waals surface area contributed by atoms with Crippen molar-refractivity contribution in [2.24, 2.45) is 10.9 Å². The van der Waals surface area contributed by atoms with Gasteiger partial charge >= 0.3 is 0 Å². The summed E-state index contributed by atoms with van der Waals surface area (Å²) in [6.45, 7) is 1.15. The van der Waals surface area contributed by atoms with Gasteiger partial charge in [0, 0.05) is 17.5 Å². The van der Waals surface area contributed by atoms with Crippen LogP contribution in [-0.2, 0) is 17.8 Å². The summed E-state index contributed by atoms with van der Waals surface area (Å²) in [6, 6.07) is 7.72. The molecule has 2 rings (SSSR count). The fourth-order valence-corrected chi connectivity index (χ4v) is 2.26. The van der Waals surface area contributed by atoms with E-state index in [1.807, 2.05) is 12.1 Å². The molecule has 100 valence electrons. The number of nitrogens with zero attached hydrogens (tertiary/aromatic N) is 2. The molecule has 0 saturated carbocycles. The van der Waals surface area contributed by atoms with Crippen molar-refractivity contribution in [2.45, 2.75) is 13.0 Å². The average Bonchev–Trinajstić information content (AvgIpc) is 2.96. The molecule has 0 unspecified atom stereocenters. The average molecular weight is 277 g/mol. The summed E-state index contributed by atoms with van der Waals surface area (Å²) in [4.78, 5) is 5.32. The fraction of sp³-hybridized carbons (Fsp3) is 0.231. The molecule has 3 N–H and O–H groups in total. The highest BCUT2D eigenvalue weighted by molar-refractivity contribution is 7.09. The van der Waals surface area contributed by atoms with Crippen LogP contribution in [0.4, 0.5) is 0 Å². The van der Waals surface area contributed by atoms with Crippen LogP contribution in [0.15, 0.2) is 41.0 Å². The topological polar surface area (TPSA) is 80.7 Å². The van der Waals surface area contributed by atoms with E-state index in [0.717, 1.165) is 12.0 Å². The second-order valence-electron chi connectivity index (χ2n) is 3.92. The molecular formula is C13H15N3O2S. The number of thiophene rings is 1. The van der Waals surface area contributed by atoms with Crippen LogP contribution in [0.25, 0.3) is 0 Å². The van der Waals surface area contributed by atoms with E-state index in [0.29, 0.717) is 18.9 Å². The van der Waals surface area contributed by atoms with E-state index in [2.05, 4.69) is 21.6 Å². The molecule has 2 aromatic rings. The highest BCUT2D eigenvalue weighted by Gasteiger charge is 2.02. The summed E-state index contributed by atoms with van der Waals surface area (Å²) in [5.41, 5.74) is 6.87. The van der Waals surface area contributed by atoms with Crippen LogP contribution < -0.4 is 5.73 Å². The number of hydrogen-bond acceptors (Lipinski definition) is 5. The Morgan fingerprint density at radius 1 is 1.47 bits per heavy atom. The Bertz CT molecular complexity index is 541. The van der Waals surface area contributed by atoms with E-state index >= 15 is 0 Å². The Labute approximate surface area is 115 Å². The molecule has 0 radical (unpaired) electrons. The molecule has 0 atom stereocenters. The second-order valence-corrected chi connectivity index (χ2v) is 4.95. The predicted octanol–water partition coefficient (Wildman–Crippen LogP) is 2.00. The minimum Gasteiger partial charge on any atom is -0.409 e. The molecule has 0 bridgehead atoms. The van der Waals surface area contributed by atoms with Gasteiger partial charge in [0.2, 0.25) is 0 Å². The van der Waals surface area contributed by atoms with E-state index in [-0.39, 0.29) is 5.84 Å². The first-order valence-electron chi connectivity index (χ1n) is 5.82. The van der Waals surface area contributed by atoms with Gasteiger partial charge in [-0.3, -0.25) is 4.98 Å². The van der Waals surface area contributed by atoms with E-state index in [4.69, 9.17) is 15.7 Å². The summed E-state index contributed by atoms with van der Waals surface area (Å²) in [5.74, 6) is 0.000403. The Morgan fingerprint density at radius 2 is 2.37 bits per heavy atom. The van der Waals surface area contributed by atoms with Crippen molar-refractivity contribution in [3.8, 4) is 0 Å². The number of nitrogens with two attached hydrogens (primary N) is 1. The Hall–Kier alpha value is -1.92. The fourth-order valence-electron chi connectivity index (χ4n) is 1.57. The van der Waals surface area contributed by atoms with Gasteiger partial charge in [-0.1, -0.05) is 11.2 Å². The number of amidine groups is 1. The molecule has 2 heterocycles. The number of oxime groups is 1. The van der Waals surface area contributed by atoms with Gasteiger partial charge in [0.15, 0.2) is 5.84 Å². The van der Waals surface area contributed by atoms with Gasteiger partial charge in [-0.15, -0.1) is 11.3 Å². The SMILES string of the molecule is NC(=NO)c1cc(COCCc2cccs2)ccn1. The lowest BCUT2D eigenvalue weighted by atomic mass is 10.2. The molecule has 0 aromatic carbocycles. The molecular weight excluding hydrogens is 262 g/mol. The van der Waals surface area contributed by atoms with Crippen molar-refractivity contribution in [1.82, 2.24) is 4.98 Å². The minimum absolute atomic E-state index is 0.000403. The molecule has 0 aliphatic rings. The van der Waals surface area contributed by atoms with Gasteiger partial charge in [-0.05, 0) is 29.1 Å². The van der Waals surface area contributed by atoms with Gasteiger partial charge in [0.05, 0.1) is 13.2 Å². The van der Waals surface area contributed by atoms with Crippen molar-refractivity contribution < 1.29 is 9.94 Å². The zero-order valence-electron chi connectivity index (χ0n) is 10.3. The van der Waals surface area contributed by atoms with Crippen molar-refractivity contribution in [3.05, 3.63) is 52.0 Å². The first kappa shape index (κ1) is 13.5. The molecule has 0 spiro atoms. The number of rotatable bonds is 6. The summed E-state index contributed by atoms with van der Waals surface area (Å²) in [7, 11) is 0. The van der Waals surface area contributed by atoms with Crippen LogP contribution in [0, 0.1) is 0 Å². The minimum atomic E-state index is 0.000403. The lowest BCUT2D eigenvalue weighted by Gasteiger charge is -2.05. The lowest BCUT2D eigenvalue weighted by molar-refractivity contribution is 0.124. The lowest BCUT2D eigenvalue weighted by Crippen LogP contribution is -2.15.